The Morgan fingerprint density at radius 3 is 2.76 bits per heavy atom. The van der Waals surface area contributed by atoms with Gasteiger partial charge in [-0.05, 0) is 56.2 Å². The normalized spacial score (nSPS) is 15.8. The van der Waals surface area contributed by atoms with Crippen LogP contribution < -0.4 is 10.5 Å². The number of rotatable bonds is 6. The monoisotopic (exact) mass is 308 g/mol. The van der Waals surface area contributed by atoms with E-state index in [0.717, 1.165) is 24.8 Å². The van der Waals surface area contributed by atoms with Gasteiger partial charge < -0.3 is 5.73 Å². The second-order valence-corrected chi connectivity index (χ2v) is 7.21. The van der Waals surface area contributed by atoms with Crippen molar-refractivity contribution in [3.8, 4) is 0 Å². The van der Waals surface area contributed by atoms with E-state index >= 15 is 0 Å². The van der Waals surface area contributed by atoms with Crippen LogP contribution >= 0.6 is 0 Å². The van der Waals surface area contributed by atoms with Crippen molar-refractivity contribution in [2.75, 3.05) is 12.3 Å². The van der Waals surface area contributed by atoms with Crippen LogP contribution in [0.25, 0.3) is 0 Å². The largest absolute Gasteiger partial charge is 0.399 e. The van der Waals surface area contributed by atoms with Crippen LogP contribution in [0.2, 0.25) is 0 Å². The van der Waals surface area contributed by atoms with Crippen LogP contribution in [0, 0.1) is 0 Å². The number of hydrogen-bond acceptors (Lipinski definition) is 3. The Hall–Kier alpha value is -1.33. The molecule has 3 N–H and O–H groups in total. The van der Waals surface area contributed by atoms with Crippen LogP contribution in [0.5, 0.6) is 0 Å². The predicted octanol–water partition coefficient (Wildman–Crippen LogP) is 3.00. The van der Waals surface area contributed by atoms with E-state index in [-0.39, 0.29) is 0 Å². The number of aryl methyl sites for hydroxylation is 1. The second-order valence-electron chi connectivity index (χ2n) is 5.48. The van der Waals surface area contributed by atoms with Crippen LogP contribution in [-0.4, -0.2) is 15.0 Å². The lowest BCUT2D eigenvalue weighted by Gasteiger charge is -2.14. The van der Waals surface area contributed by atoms with Crippen LogP contribution in [0.1, 0.15) is 44.6 Å². The smallest absolute Gasteiger partial charge is 0.240 e. The Balaban J connectivity index is 2.04. The van der Waals surface area contributed by atoms with E-state index in [1.807, 2.05) is 6.92 Å². The topological polar surface area (TPSA) is 72.2 Å². The Morgan fingerprint density at radius 1 is 1.29 bits per heavy atom. The Morgan fingerprint density at radius 2 is 2.10 bits per heavy atom. The third-order valence-corrected chi connectivity index (χ3v) is 5.43. The number of allylic oxidation sites excluding steroid dienone is 1. The number of nitrogen functional groups attached to an aromatic ring is 1. The molecule has 0 amide bonds. The van der Waals surface area contributed by atoms with Crippen LogP contribution in [0.4, 0.5) is 5.69 Å². The molecule has 0 saturated carbocycles. The van der Waals surface area contributed by atoms with Crippen molar-refractivity contribution in [3.63, 3.8) is 0 Å². The standard InChI is InChI=1S/C16H24N2O2S/c1-2-14-8-9-15(17)12-16(14)21(19,20)18-11-10-13-6-4-3-5-7-13/h6,8-9,12,18H,2-5,7,10-11,17H2,1H3. The highest BCUT2D eigenvalue weighted by molar-refractivity contribution is 7.89. The zero-order valence-corrected chi connectivity index (χ0v) is 13.4. The highest BCUT2D eigenvalue weighted by atomic mass is 32.2. The highest BCUT2D eigenvalue weighted by Crippen LogP contribution is 2.21. The molecule has 0 fully saturated rings. The minimum Gasteiger partial charge on any atom is -0.399 e. The van der Waals surface area contributed by atoms with Gasteiger partial charge in [-0.1, -0.05) is 24.6 Å². The maximum atomic E-state index is 12.4. The molecule has 21 heavy (non-hydrogen) atoms. The van der Waals surface area contributed by atoms with Crippen molar-refractivity contribution in [1.29, 1.82) is 0 Å². The fraction of sp³-hybridized carbons (Fsp3) is 0.500. The lowest BCUT2D eigenvalue weighted by Crippen LogP contribution is -2.26. The molecular weight excluding hydrogens is 284 g/mol. The molecule has 1 aromatic rings. The first-order valence-electron chi connectivity index (χ1n) is 7.59. The summed E-state index contributed by atoms with van der Waals surface area (Å²) in [5, 5.41) is 0. The van der Waals surface area contributed by atoms with Gasteiger partial charge in [-0.25, -0.2) is 13.1 Å². The first-order chi connectivity index (χ1) is 10.0. The molecule has 0 saturated heterocycles. The van der Waals surface area contributed by atoms with Gasteiger partial charge >= 0.3 is 0 Å². The average molecular weight is 308 g/mol. The summed E-state index contributed by atoms with van der Waals surface area (Å²) in [6.45, 7) is 2.39. The summed E-state index contributed by atoms with van der Waals surface area (Å²) in [5.74, 6) is 0. The summed E-state index contributed by atoms with van der Waals surface area (Å²) in [6, 6.07) is 5.07. The molecule has 0 aliphatic heterocycles. The lowest BCUT2D eigenvalue weighted by molar-refractivity contribution is 0.578. The molecule has 2 rings (SSSR count). The molecule has 0 spiro atoms. The summed E-state index contributed by atoms with van der Waals surface area (Å²) in [7, 11) is -3.48. The van der Waals surface area contributed by atoms with Gasteiger partial charge in [0.15, 0.2) is 0 Å². The number of hydrogen-bond donors (Lipinski definition) is 2. The third-order valence-electron chi connectivity index (χ3n) is 3.88. The summed E-state index contributed by atoms with van der Waals surface area (Å²) in [4.78, 5) is 0.308. The van der Waals surface area contributed by atoms with Crippen molar-refractivity contribution >= 4 is 15.7 Å². The molecule has 0 atom stereocenters. The van der Waals surface area contributed by atoms with Gasteiger partial charge in [0.25, 0.3) is 0 Å². The highest BCUT2D eigenvalue weighted by Gasteiger charge is 2.18. The third kappa shape index (κ3) is 4.32. The Kier molecular flexibility index (Phi) is 5.42. The van der Waals surface area contributed by atoms with E-state index in [2.05, 4.69) is 10.8 Å². The van der Waals surface area contributed by atoms with Gasteiger partial charge in [0, 0.05) is 12.2 Å². The zero-order chi connectivity index (χ0) is 15.3. The average Bonchev–Trinajstić information content (AvgIpc) is 2.48. The molecule has 1 aliphatic carbocycles. The SMILES string of the molecule is CCc1ccc(N)cc1S(=O)(=O)NCCC1=CCCCC1. The first kappa shape index (κ1) is 16.0. The van der Waals surface area contributed by atoms with Crippen molar-refractivity contribution in [2.24, 2.45) is 0 Å². The van der Waals surface area contributed by atoms with Gasteiger partial charge in [0.1, 0.15) is 0 Å². The lowest BCUT2D eigenvalue weighted by atomic mass is 9.97. The van der Waals surface area contributed by atoms with Gasteiger partial charge in [0.05, 0.1) is 4.90 Å². The Labute approximate surface area is 127 Å². The maximum Gasteiger partial charge on any atom is 0.240 e. The molecule has 0 heterocycles. The molecule has 0 bridgehead atoms. The van der Waals surface area contributed by atoms with E-state index in [9.17, 15) is 8.42 Å². The van der Waals surface area contributed by atoms with Gasteiger partial charge in [0.2, 0.25) is 10.0 Å². The second kappa shape index (κ2) is 7.09. The van der Waals surface area contributed by atoms with Crippen LogP contribution in [0.15, 0.2) is 34.7 Å². The molecule has 4 nitrogen and oxygen atoms in total. The number of anilines is 1. The van der Waals surface area contributed by atoms with Gasteiger partial charge in [-0.2, -0.15) is 0 Å². The number of benzene rings is 1. The van der Waals surface area contributed by atoms with Gasteiger partial charge in [-0.3, -0.25) is 0 Å². The quantitative estimate of drug-likeness (QED) is 0.627. The number of sulfonamides is 1. The number of nitrogens with one attached hydrogen (secondary N) is 1. The fourth-order valence-corrected chi connectivity index (χ4v) is 4.04. The minimum atomic E-state index is -3.48. The van der Waals surface area contributed by atoms with E-state index in [1.165, 1.54) is 18.4 Å². The van der Waals surface area contributed by atoms with Crippen LogP contribution in [0.3, 0.4) is 0 Å². The van der Waals surface area contributed by atoms with E-state index in [1.54, 1.807) is 18.2 Å². The van der Waals surface area contributed by atoms with E-state index < -0.39 is 10.0 Å². The molecule has 5 heteroatoms. The molecule has 116 valence electrons. The molecular formula is C16H24N2O2S. The predicted molar refractivity (Wildman–Crippen MR) is 86.6 cm³/mol. The fourth-order valence-electron chi connectivity index (χ4n) is 2.67. The molecule has 0 radical (unpaired) electrons. The van der Waals surface area contributed by atoms with Crippen molar-refractivity contribution in [3.05, 3.63) is 35.4 Å². The maximum absolute atomic E-state index is 12.4. The minimum absolute atomic E-state index is 0.308. The van der Waals surface area contributed by atoms with E-state index in [0.29, 0.717) is 23.5 Å². The Bertz CT molecular complexity index is 621. The number of nitrogens with two attached hydrogens (primary N) is 1. The molecule has 0 unspecified atom stereocenters. The summed E-state index contributed by atoms with van der Waals surface area (Å²) >= 11 is 0. The zero-order valence-electron chi connectivity index (χ0n) is 12.6. The summed E-state index contributed by atoms with van der Waals surface area (Å²) in [6.07, 6.45) is 8.39. The van der Waals surface area contributed by atoms with Crippen LogP contribution in [-0.2, 0) is 16.4 Å². The summed E-state index contributed by atoms with van der Waals surface area (Å²) < 4.78 is 27.5. The first-order valence-corrected chi connectivity index (χ1v) is 9.07. The van der Waals surface area contributed by atoms with E-state index in [4.69, 9.17) is 5.73 Å². The van der Waals surface area contributed by atoms with Gasteiger partial charge in [-0.15, -0.1) is 0 Å². The summed E-state index contributed by atoms with van der Waals surface area (Å²) in [5.41, 5.74) is 8.37. The molecule has 1 aromatic carbocycles. The molecule has 1 aliphatic rings. The van der Waals surface area contributed by atoms with Crippen molar-refractivity contribution < 1.29 is 8.42 Å². The van der Waals surface area contributed by atoms with Crippen molar-refractivity contribution in [2.45, 2.75) is 50.3 Å². The molecule has 0 aromatic heterocycles. The van der Waals surface area contributed by atoms with Crippen molar-refractivity contribution in [1.82, 2.24) is 4.72 Å².